The predicted octanol–water partition coefficient (Wildman–Crippen LogP) is 10.2. The van der Waals surface area contributed by atoms with E-state index in [0.29, 0.717) is 13.2 Å². The van der Waals surface area contributed by atoms with E-state index in [4.69, 9.17) is 9.47 Å². The largest absolute Gasteiger partial charge is 0.494 e. The Morgan fingerprint density at radius 1 is 0.625 bits per heavy atom. The monoisotopic (exact) mass is 653 g/mol. The number of esters is 1. The van der Waals surface area contributed by atoms with E-state index in [2.05, 4.69) is 89.3 Å². The second kappa shape index (κ2) is 19.8. The van der Waals surface area contributed by atoms with E-state index in [0.717, 1.165) is 49.2 Å². The van der Waals surface area contributed by atoms with Crippen LogP contribution >= 0.6 is 0 Å². The number of benzene rings is 3. The first kappa shape index (κ1) is 38.6. The lowest BCUT2D eigenvalue weighted by atomic mass is 9.80. The minimum Gasteiger partial charge on any atom is -0.494 e. The molecule has 0 aromatic heterocycles. The first-order chi connectivity index (χ1) is 22.9. The van der Waals surface area contributed by atoms with Crippen molar-refractivity contribution in [1.29, 1.82) is 0 Å². The molecule has 48 heavy (non-hydrogen) atoms. The van der Waals surface area contributed by atoms with Crippen LogP contribution in [0.5, 0.6) is 5.75 Å². The van der Waals surface area contributed by atoms with E-state index in [1.165, 1.54) is 55.4 Å². The number of rotatable bonds is 19. The number of unbranched alkanes of at least 4 members (excludes halogenated alkanes) is 8. The highest BCUT2D eigenvalue weighted by atomic mass is 16.5. The smallest absolute Gasteiger partial charge is 0.330 e. The third-order valence-electron chi connectivity index (χ3n) is 8.70. The molecule has 0 saturated carbocycles. The van der Waals surface area contributed by atoms with Gasteiger partial charge in [-0.2, -0.15) is 0 Å². The summed E-state index contributed by atoms with van der Waals surface area (Å²) in [6.07, 6.45) is 12.7. The fourth-order valence-electron chi connectivity index (χ4n) is 5.61. The van der Waals surface area contributed by atoms with E-state index in [1.807, 2.05) is 36.4 Å². The first-order valence-electron chi connectivity index (χ1n) is 17.9. The Balaban J connectivity index is 1.20. The standard InChI is InChI=1S/C43H59NO4/c1-42(2,3)36-30-37(43(4,5)6)32-38(31-36)47-28-20-12-10-8-7-9-11-13-21-29-48-41(46)27-26-40(45)44-33-39(34-22-16-14-17-23-34)35-24-18-15-19-25-35/h14-19,22-27,30-32,39H,7-13,20-21,28-29,33H2,1-6H3,(H,44,45)/b27-26+. The molecule has 0 aliphatic rings. The van der Waals surface area contributed by atoms with Gasteiger partial charge in [-0.3, -0.25) is 4.79 Å². The lowest BCUT2D eigenvalue weighted by molar-refractivity contribution is -0.138. The third kappa shape index (κ3) is 14.5. The molecule has 3 aromatic carbocycles. The number of carbonyl (C=O) groups excluding carboxylic acids is 2. The average molecular weight is 654 g/mol. The summed E-state index contributed by atoms with van der Waals surface area (Å²) in [6, 6.07) is 26.9. The Morgan fingerprint density at radius 2 is 1.08 bits per heavy atom. The number of hydrogen-bond acceptors (Lipinski definition) is 4. The van der Waals surface area contributed by atoms with Crippen LogP contribution in [0.15, 0.2) is 91.0 Å². The topological polar surface area (TPSA) is 64.6 Å². The van der Waals surface area contributed by atoms with Crippen molar-refractivity contribution in [3.8, 4) is 5.75 Å². The molecule has 5 heteroatoms. The molecule has 3 rings (SSSR count). The molecule has 0 aliphatic heterocycles. The van der Waals surface area contributed by atoms with Gasteiger partial charge in [-0.25, -0.2) is 4.79 Å². The molecule has 0 unspecified atom stereocenters. The van der Waals surface area contributed by atoms with Crippen molar-refractivity contribution in [2.75, 3.05) is 19.8 Å². The number of ether oxygens (including phenoxy) is 2. The predicted molar refractivity (Wildman–Crippen MR) is 199 cm³/mol. The molecule has 0 atom stereocenters. The molecule has 0 saturated heterocycles. The molecule has 0 heterocycles. The number of nitrogens with one attached hydrogen (secondary N) is 1. The van der Waals surface area contributed by atoms with Crippen LogP contribution in [0, 0.1) is 0 Å². The van der Waals surface area contributed by atoms with Crippen LogP contribution in [-0.4, -0.2) is 31.6 Å². The summed E-state index contributed by atoms with van der Waals surface area (Å²) < 4.78 is 11.5. The van der Waals surface area contributed by atoms with Crippen LogP contribution in [0.4, 0.5) is 0 Å². The lowest BCUT2D eigenvalue weighted by Crippen LogP contribution is -2.27. The second-order valence-corrected chi connectivity index (χ2v) is 14.9. The summed E-state index contributed by atoms with van der Waals surface area (Å²) in [4.78, 5) is 24.5. The van der Waals surface area contributed by atoms with Gasteiger partial charge < -0.3 is 14.8 Å². The molecule has 0 radical (unpaired) electrons. The quantitative estimate of drug-likeness (QED) is 0.0794. The van der Waals surface area contributed by atoms with Crippen LogP contribution in [0.25, 0.3) is 0 Å². The second-order valence-electron chi connectivity index (χ2n) is 14.9. The zero-order valence-corrected chi connectivity index (χ0v) is 30.4. The molecule has 1 amide bonds. The zero-order chi connectivity index (χ0) is 34.8. The van der Waals surface area contributed by atoms with Crippen LogP contribution in [0.2, 0.25) is 0 Å². The van der Waals surface area contributed by atoms with Gasteiger partial charge in [0.25, 0.3) is 0 Å². The first-order valence-corrected chi connectivity index (χ1v) is 17.9. The molecular formula is C43H59NO4. The summed E-state index contributed by atoms with van der Waals surface area (Å²) in [5, 5.41) is 2.93. The van der Waals surface area contributed by atoms with Gasteiger partial charge in [0, 0.05) is 24.6 Å². The van der Waals surface area contributed by atoms with Gasteiger partial charge >= 0.3 is 5.97 Å². The van der Waals surface area contributed by atoms with Gasteiger partial charge in [0.15, 0.2) is 0 Å². The Kier molecular flexibility index (Phi) is 15.9. The Bertz CT molecular complexity index is 1330. The number of carbonyl (C=O) groups is 2. The van der Waals surface area contributed by atoms with Gasteiger partial charge in [-0.15, -0.1) is 0 Å². The Labute approximate surface area is 290 Å². The van der Waals surface area contributed by atoms with Gasteiger partial charge in [-0.05, 0) is 58.1 Å². The van der Waals surface area contributed by atoms with Crippen molar-refractivity contribution in [2.45, 2.75) is 116 Å². The van der Waals surface area contributed by atoms with Crippen molar-refractivity contribution in [3.05, 3.63) is 113 Å². The number of hydrogen-bond donors (Lipinski definition) is 1. The molecule has 0 bridgehead atoms. The van der Waals surface area contributed by atoms with Crippen molar-refractivity contribution < 1.29 is 19.1 Å². The molecule has 5 nitrogen and oxygen atoms in total. The van der Waals surface area contributed by atoms with Gasteiger partial charge in [-0.1, -0.05) is 153 Å². The summed E-state index contributed by atoms with van der Waals surface area (Å²) >= 11 is 0. The maximum absolute atomic E-state index is 12.4. The van der Waals surface area contributed by atoms with E-state index in [-0.39, 0.29) is 22.7 Å². The van der Waals surface area contributed by atoms with Crippen LogP contribution in [0.3, 0.4) is 0 Å². The average Bonchev–Trinajstić information content (AvgIpc) is 3.06. The van der Waals surface area contributed by atoms with E-state index in [9.17, 15) is 9.59 Å². The normalized spacial score (nSPS) is 12.0. The summed E-state index contributed by atoms with van der Waals surface area (Å²) in [5.41, 5.74) is 5.10. The van der Waals surface area contributed by atoms with Crippen molar-refractivity contribution >= 4 is 11.9 Å². The zero-order valence-electron chi connectivity index (χ0n) is 30.4. The fourth-order valence-corrected chi connectivity index (χ4v) is 5.61. The summed E-state index contributed by atoms with van der Waals surface area (Å²) in [7, 11) is 0. The Hall–Kier alpha value is -3.86. The summed E-state index contributed by atoms with van der Waals surface area (Å²) in [5.74, 6) is 0.234. The molecular weight excluding hydrogens is 594 g/mol. The molecule has 0 aliphatic carbocycles. The van der Waals surface area contributed by atoms with Gasteiger partial charge in [0.1, 0.15) is 5.75 Å². The highest BCUT2D eigenvalue weighted by molar-refractivity contribution is 5.94. The minimum atomic E-state index is -0.478. The highest BCUT2D eigenvalue weighted by Crippen LogP contribution is 2.33. The maximum atomic E-state index is 12.4. The fraction of sp³-hybridized carbons (Fsp3) is 0.488. The van der Waals surface area contributed by atoms with Crippen molar-refractivity contribution in [2.24, 2.45) is 0 Å². The van der Waals surface area contributed by atoms with Crippen molar-refractivity contribution in [1.82, 2.24) is 5.32 Å². The van der Waals surface area contributed by atoms with E-state index >= 15 is 0 Å². The minimum absolute atomic E-state index is 0.0287. The van der Waals surface area contributed by atoms with Gasteiger partial charge in [0.05, 0.1) is 13.2 Å². The van der Waals surface area contributed by atoms with Gasteiger partial charge in [0.2, 0.25) is 5.91 Å². The van der Waals surface area contributed by atoms with E-state index < -0.39 is 5.97 Å². The lowest BCUT2D eigenvalue weighted by Gasteiger charge is -2.26. The highest BCUT2D eigenvalue weighted by Gasteiger charge is 2.21. The molecule has 0 spiro atoms. The summed E-state index contributed by atoms with van der Waals surface area (Å²) in [6.45, 7) is 15.1. The third-order valence-corrected chi connectivity index (χ3v) is 8.70. The Morgan fingerprint density at radius 3 is 1.56 bits per heavy atom. The molecule has 0 fully saturated rings. The van der Waals surface area contributed by atoms with Crippen LogP contribution < -0.4 is 10.1 Å². The molecule has 3 aromatic rings. The van der Waals surface area contributed by atoms with E-state index in [1.54, 1.807) is 0 Å². The van der Waals surface area contributed by atoms with Crippen LogP contribution in [0.1, 0.15) is 128 Å². The van der Waals surface area contributed by atoms with Crippen LogP contribution in [-0.2, 0) is 25.2 Å². The number of amides is 1. The molecule has 260 valence electrons. The SMILES string of the molecule is CC(C)(C)c1cc(OCCCCCCCCCCCOC(=O)/C=C/C(=O)NCC(c2ccccc2)c2ccccc2)cc(C(C)(C)C)c1. The maximum Gasteiger partial charge on any atom is 0.330 e. The molecule has 1 N–H and O–H groups in total. The van der Waals surface area contributed by atoms with Crippen molar-refractivity contribution in [3.63, 3.8) is 0 Å².